The zero-order chi connectivity index (χ0) is 19.3. The van der Waals surface area contributed by atoms with Crippen molar-refractivity contribution in [2.75, 3.05) is 19.6 Å². The molecule has 7 heteroatoms. The summed E-state index contributed by atoms with van der Waals surface area (Å²) in [4.78, 5) is 39.7. The lowest BCUT2D eigenvalue weighted by atomic mass is 10.2. The summed E-state index contributed by atoms with van der Waals surface area (Å²) in [7, 11) is 0. The van der Waals surface area contributed by atoms with Crippen molar-refractivity contribution in [2.45, 2.75) is 46.8 Å². The number of benzene rings is 1. The first-order valence-electron chi connectivity index (χ1n) is 9.17. The molecule has 0 bridgehead atoms. The smallest absolute Gasteiger partial charge is 0.331 e. The van der Waals surface area contributed by atoms with E-state index in [1.54, 1.807) is 31.2 Å². The molecule has 1 atom stereocenters. The topological polar surface area (TPSA) is 76.3 Å². The Bertz CT molecular complexity index is 880. The molecule has 0 aliphatic carbocycles. The van der Waals surface area contributed by atoms with Crippen molar-refractivity contribution in [3.63, 3.8) is 0 Å². The lowest BCUT2D eigenvalue weighted by molar-refractivity contribution is -0.121. The molecule has 0 aliphatic rings. The lowest BCUT2D eigenvalue weighted by Gasteiger charge is -2.26. The van der Waals surface area contributed by atoms with Crippen molar-refractivity contribution >= 4 is 16.8 Å². The fourth-order valence-electron chi connectivity index (χ4n) is 3.24. The summed E-state index contributed by atoms with van der Waals surface area (Å²) >= 11 is 0. The number of fused-ring (bicyclic) bond motifs is 1. The fraction of sp³-hybridized carbons (Fsp3) is 0.526. The molecule has 26 heavy (non-hydrogen) atoms. The Morgan fingerprint density at radius 1 is 1.12 bits per heavy atom. The molecule has 1 heterocycles. The molecule has 7 nitrogen and oxygen atoms in total. The van der Waals surface area contributed by atoms with E-state index < -0.39 is 5.69 Å². The Morgan fingerprint density at radius 3 is 2.38 bits per heavy atom. The van der Waals surface area contributed by atoms with Gasteiger partial charge in [0.15, 0.2) is 0 Å². The normalized spacial score (nSPS) is 12.5. The van der Waals surface area contributed by atoms with Crippen molar-refractivity contribution in [3.8, 4) is 0 Å². The maximum absolute atomic E-state index is 12.6. The standard InChI is InChI=1S/C19H28N4O3/c1-5-21(6-2)14(4)12-20-17(24)13-23-16-11-9-8-10-15(16)18(25)22(7-3)19(23)26/h8-11,14H,5-7,12-13H2,1-4H3,(H,20,24). The molecular formula is C19H28N4O3. The number of hydrogen-bond acceptors (Lipinski definition) is 4. The average molecular weight is 360 g/mol. The van der Waals surface area contributed by atoms with Crippen LogP contribution >= 0.6 is 0 Å². The number of nitrogens with one attached hydrogen (secondary N) is 1. The van der Waals surface area contributed by atoms with E-state index in [9.17, 15) is 14.4 Å². The van der Waals surface area contributed by atoms with Crippen LogP contribution in [0.15, 0.2) is 33.9 Å². The number of likely N-dealkylation sites (N-methyl/N-ethyl adjacent to an activating group) is 1. The third-order valence-electron chi connectivity index (χ3n) is 4.78. The highest BCUT2D eigenvalue weighted by atomic mass is 16.2. The molecule has 1 N–H and O–H groups in total. The van der Waals surface area contributed by atoms with Gasteiger partial charge in [-0.1, -0.05) is 26.0 Å². The first-order valence-corrected chi connectivity index (χ1v) is 9.17. The number of carbonyl (C=O) groups excluding carboxylic acids is 1. The Kier molecular flexibility index (Phi) is 6.74. The second-order valence-corrected chi connectivity index (χ2v) is 6.31. The fourth-order valence-corrected chi connectivity index (χ4v) is 3.24. The first kappa shape index (κ1) is 19.9. The van der Waals surface area contributed by atoms with Crippen LogP contribution in [0.4, 0.5) is 0 Å². The molecular weight excluding hydrogens is 332 g/mol. The molecule has 1 unspecified atom stereocenters. The van der Waals surface area contributed by atoms with E-state index in [-0.39, 0.29) is 30.6 Å². The van der Waals surface area contributed by atoms with Crippen LogP contribution in [-0.4, -0.2) is 45.6 Å². The lowest BCUT2D eigenvalue weighted by Crippen LogP contribution is -2.45. The predicted octanol–water partition coefficient (Wildman–Crippen LogP) is 1.03. The van der Waals surface area contributed by atoms with Gasteiger partial charge in [-0.2, -0.15) is 0 Å². The quantitative estimate of drug-likeness (QED) is 0.763. The number of nitrogens with zero attached hydrogens (tertiary/aromatic N) is 3. The van der Waals surface area contributed by atoms with Gasteiger partial charge in [0.25, 0.3) is 5.56 Å². The molecule has 0 saturated heterocycles. The molecule has 1 amide bonds. The molecule has 2 rings (SSSR count). The van der Waals surface area contributed by atoms with Gasteiger partial charge >= 0.3 is 5.69 Å². The minimum atomic E-state index is -0.455. The van der Waals surface area contributed by atoms with Gasteiger partial charge in [-0.3, -0.25) is 23.6 Å². The number of para-hydroxylation sites is 1. The summed E-state index contributed by atoms with van der Waals surface area (Å²) in [5.41, 5.74) is -0.290. The van der Waals surface area contributed by atoms with Crippen LogP contribution in [-0.2, 0) is 17.9 Å². The van der Waals surface area contributed by atoms with Gasteiger partial charge in [-0.05, 0) is 39.1 Å². The highest BCUT2D eigenvalue weighted by Gasteiger charge is 2.15. The minimum absolute atomic E-state index is 0.107. The molecule has 1 aromatic carbocycles. The van der Waals surface area contributed by atoms with Crippen molar-refractivity contribution < 1.29 is 4.79 Å². The molecule has 0 spiro atoms. The highest BCUT2D eigenvalue weighted by molar-refractivity contribution is 5.81. The SMILES string of the molecule is CCN(CC)C(C)CNC(=O)Cn1c(=O)n(CC)c(=O)c2ccccc21. The van der Waals surface area contributed by atoms with Crippen molar-refractivity contribution in [3.05, 3.63) is 45.1 Å². The molecule has 2 aromatic rings. The van der Waals surface area contributed by atoms with Gasteiger partial charge in [0.05, 0.1) is 10.9 Å². The molecule has 1 aromatic heterocycles. The largest absolute Gasteiger partial charge is 0.353 e. The summed E-state index contributed by atoms with van der Waals surface area (Å²) in [5.74, 6) is -0.238. The molecule has 0 saturated carbocycles. The Labute approximate surface area is 153 Å². The zero-order valence-electron chi connectivity index (χ0n) is 16.0. The van der Waals surface area contributed by atoms with Gasteiger partial charge in [0, 0.05) is 19.1 Å². The summed E-state index contributed by atoms with van der Waals surface area (Å²) in [6.07, 6.45) is 0. The molecule has 0 aliphatic heterocycles. The number of amides is 1. The predicted molar refractivity (Wildman–Crippen MR) is 104 cm³/mol. The van der Waals surface area contributed by atoms with Crippen molar-refractivity contribution in [2.24, 2.45) is 0 Å². The first-order chi connectivity index (χ1) is 12.4. The van der Waals surface area contributed by atoms with Crippen LogP contribution in [0.2, 0.25) is 0 Å². The van der Waals surface area contributed by atoms with E-state index in [4.69, 9.17) is 0 Å². The third kappa shape index (κ3) is 4.04. The Balaban J connectivity index is 2.27. The summed E-state index contributed by atoms with van der Waals surface area (Å²) in [6, 6.07) is 7.11. The van der Waals surface area contributed by atoms with Crippen LogP contribution in [0.3, 0.4) is 0 Å². The second kappa shape index (κ2) is 8.80. The Hall–Kier alpha value is -2.41. The summed E-state index contributed by atoms with van der Waals surface area (Å²) < 4.78 is 2.53. The Morgan fingerprint density at radius 2 is 1.77 bits per heavy atom. The maximum atomic E-state index is 12.6. The van der Waals surface area contributed by atoms with Crippen molar-refractivity contribution in [1.29, 1.82) is 0 Å². The van der Waals surface area contributed by atoms with Crippen LogP contribution in [0.5, 0.6) is 0 Å². The summed E-state index contributed by atoms with van der Waals surface area (Å²) in [5, 5.41) is 3.34. The van der Waals surface area contributed by atoms with Gasteiger partial charge in [-0.15, -0.1) is 0 Å². The number of carbonyl (C=O) groups is 1. The van der Waals surface area contributed by atoms with E-state index in [1.165, 1.54) is 4.57 Å². The van der Waals surface area contributed by atoms with Crippen LogP contribution in [0, 0.1) is 0 Å². The van der Waals surface area contributed by atoms with E-state index >= 15 is 0 Å². The van der Waals surface area contributed by atoms with Crippen molar-refractivity contribution in [1.82, 2.24) is 19.4 Å². The van der Waals surface area contributed by atoms with E-state index in [0.29, 0.717) is 17.4 Å². The maximum Gasteiger partial charge on any atom is 0.331 e. The highest BCUT2D eigenvalue weighted by Crippen LogP contribution is 2.07. The van der Waals surface area contributed by atoms with Crippen LogP contribution in [0.1, 0.15) is 27.7 Å². The number of rotatable bonds is 8. The molecule has 0 radical (unpaired) electrons. The van der Waals surface area contributed by atoms with Crippen LogP contribution < -0.4 is 16.6 Å². The molecule has 142 valence electrons. The average Bonchev–Trinajstić information content (AvgIpc) is 2.65. The number of hydrogen-bond donors (Lipinski definition) is 1. The van der Waals surface area contributed by atoms with Gasteiger partial charge in [0.1, 0.15) is 6.54 Å². The van der Waals surface area contributed by atoms with E-state index in [0.717, 1.165) is 17.7 Å². The van der Waals surface area contributed by atoms with E-state index in [2.05, 4.69) is 31.0 Å². The van der Waals surface area contributed by atoms with Crippen LogP contribution in [0.25, 0.3) is 10.9 Å². The monoisotopic (exact) mass is 360 g/mol. The summed E-state index contributed by atoms with van der Waals surface area (Å²) in [6.45, 7) is 10.5. The number of aromatic nitrogens is 2. The third-order valence-corrected chi connectivity index (χ3v) is 4.78. The second-order valence-electron chi connectivity index (χ2n) is 6.31. The van der Waals surface area contributed by atoms with Gasteiger partial charge in [-0.25, -0.2) is 4.79 Å². The van der Waals surface area contributed by atoms with Gasteiger partial charge < -0.3 is 5.32 Å². The van der Waals surface area contributed by atoms with Gasteiger partial charge in [0.2, 0.25) is 5.91 Å². The molecule has 0 fully saturated rings. The minimum Gasteiger partial charge on any atom is -0.353 e. The zero-order valence-corrected chi connectivity index (χ0v) is 16.0. The van der Waals surface area contributed by atoms with E-state index in [1.807, 2.05) is 0 Å².